The van der Waals surface area contributed by atoms with Gasteiger partial charge in [0.2, 0.25) is 0 Å². The van der Waals surface area contributed by atoms with E-state index in [1.165, 1.54) is 13.2 Å². The lowest BCUT2D eigenvalue weighted by atomic mass is 9.76. The first-order valence-corrected chi connectivity index (χ1v) is 14.0. The summed E-state index contributed by atoms with van der Waals surface area (Å²) in [6.45, 7) is 7.24. The van der Waals surface area contributed by atoms with Gasteiger partial charge >= 0.3 is 5.97 Å². The molecule has 41 heavy (non-hydrogen) atoms. The minimum Gasteiger partial charge on any atom is -0.469 e. The first-order valence-electron chi connectivity index (χ1n) is 13.2. The molecule has 0 aliphatic heterocycles. The minimum absolute atomic E-state index is 0.145. The Morgan fingerprint density at radius 1 is 0.854 bits per heavy atom. The fraction of sp³-hybridized carbons (Fsp3) is 0.303. The van der Waals surface area contributed by atoms with Crippen LogP contribution in [0.1, 0.15) is 59.5 Å². The molecule has 0 saturated carbocycles. The van der Waals surface area contributed by atoms with Gasteiger partial charge in [-0.1, -0.05) is 53.5 Å². The maximum Gasteiger partial charge on any atom is 0.311 e. The Morgan fingerprint density at radius 3 is 2.22 bits per heavy atom. The van der Waals surface area contributed by atoms with Crippen LogP contribution in [0.15, 0.2) is 79.1 Å². The quantitative estimate of drug-likeness (QED) is 0.132. The molecular formula is C33H33Cl2NO5. The maximum absolute atomic E-state index is 14.0. The van der Waals surface area contributed by atoms with Crippen molar-refractivity contribution in [3.05, 3.63) is 111 Å². The molecule has 0 bridgehead atoms. The average Bonchev–Trinajstić information content (AvgIpc) is 3.34. The number of ether oxygens (including phenoxy) is 2. The summed E-state index contributed by atoms with van der Waals surface area (Å²) < 4.78 is 13.0. The van der Waals surface area contributed by atoms with Crippen LogP contribution in [0.25, 0.3) is 5.52 Å². The first kappa shape index (κ1) is 30.5. The van der Waals surface area contributed by atoms with Gasteiger partial charge in [0.05, 0.1) is 34.6 Å². The summed E-state index contributed by atoms with van der Waals surface area (Å²) in [7, 11) is 1.38. The van der Waals surface area contributed by atoms with E-state index >= 15 is 0 Å². The second-order valence-corrected chi connectivity index (χ2v) is 12.2. The highest BCUT2D eigenvalue weighted by atomic mass is 35.5. The molecule has 214 valence electrons. The van der Waals surface area contributed by atoms with E-state index in [9.17, 15) is 14.4 Å². The molecule has 0 aliphatic rings. The molecule has 2 heterocycles. The molecular weight excluding hydrogens is 561 g/mol. The van der Waals surface area contributed by atoms with Crippen molar-refractivity contribution in [3.63, 3.8) is 0 Å². The number of carbonyl (C=O) groups excluding carboxylic acids is 3. The lowest BCUT2D eigenvalue weighted by molar-refractivity contribution is -0.150. The van der Waals surface area contributed by atoms with Crippen LogP contribution in [0.5, 0.6) is 0 Å². The van der Waals surface area contributed by atoms with Crippen LogP contribution >= 0.6 is 23.2 Å². The molecule has 2 aromatic carbocycles. The number of nitrogens with zero attached hydrogens (tertiary/aromatic N) is 1. The van der Waals surface area contributed by atoms with Crippen LogP contribution in [-0.2, 0) is 27.3 Å². The second-order valence-electron chi connectivity index (χ2n) is 11.4. The lowest BCUT2D eigenvalue weighted by Crippen LogP contribution is -2.44. The summed E-state index contributed by atoms with van der Waals surface area (Å²) in [6, 6.07) is 19.6. The SMILES string of the molecule is COC(=O)C(C)(C)Cc1cc2cc(C(=O)C(C)(C)C(OCc3ccccc3)C(=O)c3ccc(Cl)c(Cl)c3)ccn2c1. The largest absolute Gasteiger partial charge is 0.469 e. The predicted octanol–water partition coefficient (Wildman–Crippen LogP) is 7.67. The van der Waals surface area contributed by atoms with Crippen molar-refractivity contribution < 1.29 is 23.9 Å². The van der Waals surface area contributed by atoms with Gasteiger partial charge in [-0.3, -0.25) is 14.4 Å². The summed E-state index contributed by atoms with van der Waals surface area (Å²) in [4.78, 5) is 40.0. The zero-order valence-electron chi connectivity index (χ0n) is 23.7. The topological polar surface area (TPSA) is 74.1 Å². The van der Waals surface area contributed by atoms with E-state index in [-0.39, 0.29) is 29.2 Å². The van der Waals surface area contributed by atoms with Gasteiger partial charge in [-0.25, -0.2) is 0 Å². The number of aromatic nitrogens is 1. The van der Waals surface area contributed by atoms with Gasteiger partial charge in [0.25, 0.3) is 0 Å². The number of Topliss-reactive ketones (excluding diaryl/α,β-unsaturated/α-hetero) is 2. The normalized spacial score (nSPS) is 12.8. The Hall–Kier alpha value is -3.45. The summed E-state index contributed by atoms with van der Waals surface area (Å²) in [5.41, 5.74) is 1.41. The van der Waals surface area contributed by atoms with Crippen LogP contribution < -0.4 is 0 Å². The number of hydrogen-bond donors (Lipinski definition) is 0. The highest BCUT2D eigenvalue weighted by Crippen LogP contribution is 2.34. The molecule has 0 spiro atoms. The van der Waals surface area contributed by atoms with E-state index in [0.717, 1.165) is 16.6 Å². The van der Waals surface area contributed by atoms with Crippen molar-refractivity contribution in [1.82, 2.24) is 4.40 Å². The highest BCUT2D eigenvalue weighted by molar-refractivity contribution is 6.42. The molecule has 2 aromatic heterocycles. The monoisotopic (exact) mass is 593 g/mol. The van der Waals surface area contributed by atoms with Gasteiger partial charge in [0, 0.05) is 29.0 Å². The lowest BCUT2D eigenvalue weighted by Gasteiger charge is -2.32. The van der Waals surface area contributed by atoms with Crippen LogP contribution in [0.4, 0.5) is 0 Å². The van der Waals surface area contributed by atoms with E-state index in [0.29, 0.717) is 22.6 Å². The Kier molecular flexibility index (Phi) is 9.07. The van der Waals surface area contributed by atoms with Crippen molar-refractivity contribution in [2.75, 3.05) is 7.11 Å². The fourth-order valence-corrected chi connectivity index (χ4v) is 5.22. The zero-order chi connectivity index (χ0) is 29.9. The Morgan fingerprint density at radius 2 is 1.56 bits per heavy atom. The summed E-state index contributed by atoms with van der Waals surface area (Å²) in [6.07, 6.45) is 3.10. The number of benzene rings is 2. The Balaban J connectivity index is 1.66. The van der Waals surface area contributed by atoms with Crippen molar-refractivity contribution >= 4 is 46.3 Å². The molecule has 6 nitrogen and oxygen atoms in total. The Labute approximate surface area is 250 Å². The van der Waals surface area contributed by atoms with Crippen molar-refractivity contribution in [1.29, 1.82) is 0 Å². The fourth-order valence-electron chi connectivity index (χ4n) is 4.92. The molecule has 4 aromatic rings. The maximum atomic E-state index is 14.0. The van der Waals surface area contributed by atoms with Gasteiger partial charge in [-0.15, -0.1) is 0 Å². The molecule has 0 fully saturated rings. The minimum atomic E-state index is -1.24. The smallest absolute Gasteiger partial charge is 0.311 e. The number of halogens is 2. The molecule has 0 amide bonds. The molecule has 1 unspecified atom stereocenters. The average molecular weight is 595 g/mol. The molecule has 0 saturated heterocycles. The van der Waals surface area contributed by atoms with E-state index in [2.05, 4.69) is 0 Å². The number of rotatable bonds is 11. The third-order valence-electron chi connectivity index (χ3n) is 7.24. The number of fused-ring (bicyclic) bond motifs is 1. The number of methoxy groups -OCH3 is 1. The predicted molar refractivity (Wildman–Crippen MR) is 161 cm³/mol. The summed E-state index contributed by atoms with van der Waals surface area (Å²) in [5, 5.41) is 0.573. The number of ketones is 2. The number of esters is 1. The molecule has 0 N–H and O–H groups in total. The second kappa shape index (κ2) is 12.2. The van der Waals surface area contributed by atoms with Crippen LogP contribution in [0.2, 0.25) is 10.0 Å². The summed E-state index contributed by atoms with van der Waals surface area (Å²) >= 11 is 12.3. The van der Waals surface area contributed by atoms with Crippen LogP contribution in [0.3, 0.4) is 0 Å². The third-order valence-corrected chi connectivity index (χ3v) is 7.98. The number of pyridine rings is 1. The molecule has 4 rings (SSSR count). The van der Waals surface area contributed by atoms with Gasteiger partial charge in [0.15, 0.2) is 11.6 Å². The van der Waals surface area contributed by atoms with E-state index in [1.807, 2.05) is 60.8 Å². The van der Waals surface area contributed by atoms with Crippen LogP contribution in [0, 0.1) is 10.8 Å². The zero-order valence-corrected chi connectivity index (χ0v) is 25.3. The highest BCUT2D eigenvalue weighted by Gasteiger charge is 2.43. The van der Waals surface area contributed by atoms with Crippen molar-refractivity contribution in [3.8, 4) is 0 Å². The van der Waals surface area contributed by atoms with Gasteiger partial charge in [-0.05, 0) is 81.6 Å². The van der Waals surface area contributed by atoms with Crippen molar-refractivity contribution in [2.45, 2.75) is 46.8 Å². The van der Waals surface area contributed by atoms with Gasteiger partial charge in [0.1, 0.15) is 6.10 Å². The summed E-state index contributed by atoms with van der Waals surface area (Å²) in [5.74, 6) is -0.906. The third kappa shape index (κ3) is 6.72. The van der Waals surface area contributed by atoms with Crippen LogP contribution in [-0.4, -0.2) is 35.2 Å². The van der Waals surface area contributed by atoms with E-state index in [4.69, 9.17) is 32.7 Å². The standard InChI is InChI=1S/C33H33Cl2NO5/c1-32(2,31(39)40-5)18-22-15-25-16-24(13-14-36(25)19-22)29(38)33(3,4)30(41-20-21-9-7-6-8-10-21)28(37)23-11-12-26(34)27(35)17-23/h6-17,19,30H,18,20H2,1-5H3. The van der Waals surface area contributed by atoms with E-state index < -0.39 is 16.9 Å². The van der Waals surface area contributed by atoms with Gasteiger partial charge < -0.3 is 13.9 Å². The molecule has 0 aliphatic carbocycles. The van der Waals surface area contributed by atoms with E-state index in [1.54, 1.807) is 44.3 Å². The van der Waals surface area contributed by atoms with Gasteiger partial charge in [-0.2, -0.15) is 0 Å². The molecule has 1 atom stereocenters. The molecule has 0 radical (unpaired) electrons. The first-order chi connectivity index (χ1) is 19.3. The number of hydrogen-bond acceptors (Lipinski definition) is 5. The van der Waals surface area contributed by atoms with Crippen molar-refractivity contribution in [2.24, 2.45) is 10.8 Å². The number of carbonyl (C=O) groups is 3. The molecule has 8 heteroatoms. The Bertz CT molecular complexity index is 1590.